The van der Waals surface area contributed by atoms with Gasteiger partial charge in [-0.3, -0.25) is 0 Å². The van der Waals surface area contributed by atoms with Gasteiger partial charge in [0.1, 0.15) is 0 Å². The van der Waals surface area contributed by atoms with Gasteiger partial charge in [-0.1, -0.05) is 12.1 Å². The maximum absolute atomic E-state index is 12.2. The van der Waals surface area contributed by atoms with Gasteiger partial charge >= 0.3 is 5.97 Å². The molecule has 2 aromatic rings. The molecule has 0 radical (unpaired) electrons. The molecule has 0 bridgehead atoms. The van der Waals surface area contributed by atoms with Crippen LogP contribution in [-0.2, 0) is 4.79 Å². The molecule has 0 fully saturated rings. The van der Waals surface area contributed by atoms with Crippen molar-refractivity contribution in [3.8, 4) is 29.1 Å². The second-order valence-corrected chi connectivity index (χ2v) is 5.47. The maximum Gasteiger partial charge on any atom is 0.336 e. The highest BCUT2D eigenvalue weighted by Gasteiger charge is 2.09. The van der Waals surface area contributed by atoms with Crippen LogP contribution in [0.3, 0.4) is 0 Å². The summed E-state index contributed by atoms with van der Waals surface area (Å²) in [6, 6.07) is 12.3. The highest BCUT2D eigenvalue weighted by molar-refractivity contribution is 5.89. The third-order valence-electron chi connectivity index (χ3n) is 3.65. The summed E-state index contributed by atoms with van der Waals surface area (Å²) < 4.78 is 21.4. The van der Waals surface area contributed by atoms with Crippen LogP contribution in [0.15, 0.2) is 48.6 Å². The topological polar surface area (TPSA) is 77.8 Å². The fourth-order valence-corrected chi connectivity index (χ4v) is 2.37. The standard InChI is InChI=1S/C22H21NO5/c1-4-27-18-10-7-17(15-20(18)25-2)9-12-22(24)28-19-11-8-16(6-5-13-23)14-21(19)26-3/h5-12,14-15H,4H2,1-3H3/b6-5-,12-9+. The first-order valence-electron chi connectivity index (χ1n) is 8.56. The number of nitrogens with zero attached hydrogens (tertiary/aromatic N) is 1. The molecule has 144 valence electrons. The summed E-state index contributed by atoms with van der Waals surface area (Å²) in [6.45, 7) is 2.43. The minimum atomic E-state index is -0.550. The monoisotopic (exact) mass is 379 g/mol. The first-order chi connectivity index (χ1) is 13.6. The molecule has 0 aromatic heterocycles. The predicted molar refractivity (Wildman–Crippen MR) is 106 cm³/mol. The van der Waals surface area contributed by atoms with Crippen LogP contribution in [0.25, 0.3) is 12.2 Å². The first-order valence-corrected chi connectivity index (χ1v) is 8.56. The zero-order valence-corrected chi connectivity index (χ0v) is 16.0. The van der Waals surface area contributed by atoms with E-state index in [-0.39, 0.29) is 5.75 Å². The van der Waals surface area contributed by atoms with Crippen LogP contribution in [0.4, 0.5) is 0 Å². The van der Waals surface area contributed by atoms with Crippen LogP contribution >= 0.6 is 0 Å². The molecule has 0 saturated carbocycles. The molecule has 28 heavy (non-hydrogen) atoms. The quantitative estimate of drug-likeness (QED) is 0.295. The maximum atomic E-state index is 12.2. The lowest BCUT2D eigenvalue weighted by atomic mass is 10.2. The second kappa shape index (κ2) is 10.4. The Hall–Kier alpha value is -3.72. The molecule has 0 spiro atoms. The van der Waals surface area contributed by atoms with Gasteiger partial charge in [0.25, 0.3) is 0 Å². The number of methoxy groups -OCH3 is 2. The van der Waals surface area contributed by atoms with E-state index in [1.165, 1.54) is 19.3 Å². The molecule has 0 aliphatic heterocycles. The van der Waals surface area contributed by atoms with Crippen molar-refractivity contribution < 1.29 is 23.7 Å². The summed E-state index contributed by atoms with van der Waals surface area (Å²) in [5.41, 5.74) is 1.52. The van der Waals surface area contributed by atoms with Crippen LogP contribution in [0.5, 0.6) is 23.0 Å². The van der Waals surface area contributed by atoms with E-state index in [9.17, 15) is 4.79 Å². The Morgan fingerprint density at radius 2 is 1.57 bits per heavy atom. The third kappa shape index (κ3) is 5.64. The number of hydrogen-bond acceptors (Lipinski definition) is 6. The Morgan fingerprint density at radius 3 is 2.18 bits per heavy atom. The Morgan fingerprint density at radius 1 is 0.964 bits per heavy atom. The van der Waals surface area contributed by atoms with Crippen LogP contribution in [0.2, 0.25) is 0 Å². The summed E-state index contributed by atoms with van der Waals surface area (Å²) >= 11 is 0. The van der Waals surface area contributed by atoms with Crippen LogP contribution in [0, 0.1) is 11.3 Å². The number of ether oxygens (including phenoxy) is 4. The number of hydrogen-bond donors (Lipinski definition) is 0. The molecule has 0 atom stereocenters. The Labute approximate surface area is 164 Å². The molecular formula is C22H21NO5. The van der Waals surface area contributed by atoms with Crippen LogP contribution in [-0.4, -0.2) is 26.8 Å². The van der Waals surface area contributed by atoms with Gasteiger partial charge in [-0.2, -0.15) is 5.26 Å². The van der Waals surface area contributed by atoms with Gasteiger partial charge in [0.05, 0.1) is 26.9 Å². The van der Waals surface area contributed by atoms with Gasteiger partial charge in [0.2, 0.25) is 0 Å². The predicted octanol–water partition coefficient (Wildman–Crippen LogP) is 4.26. The zero-order chi connectivity index (χ0) is 20.4. The zero-order valence-electron chi connectivity index (χ0n) is 16.0. The number of allylic oxidation sites excluding steroid dienone is 1. The molecule has 2 aromatic carbocycles. The number of rotatable bonds is 8. The van der Waals surface area contributed by atoms with E-state index in [0.29, 0.717) is 23.9 Å². The highest BCUT2D eigenvalue weighted by atomic mass is 16.6. The molecule has 2 rings (SSSR count). The molecule has 0 unspecified atom stereocenters. The molecule has 0 aliphatic carbocycles. The van der Waals surface area contributed by atoms with Crippen LogP contribution < -0.4 is 18.9 Å². The summed E-state index contributed by atoms with van der Waals surface area (Å²) in [5, 5.41) is 8.60. The van der Waals surface area contributed by atoms with Gasteiger partial charge in [0, 0.05) is 12.2 Å². The number of carbonyl (C=O) groups excluding carboxylic acids is 1. The van der Waals surface area contributed by atoms with E-state index in [1.807, 2.05) is 19.1 Å². The van der Waals surface area contributed by atoms with Crippen molar-refractivity contribution in [3.05, 3.63) is 59.7 Å². The van der Waals surface area contributed by atoms with Crippen molar-refractivity contribution in [1.82, 2.24) is 0 Å². The van der Waals surface area contributed by atoms with Crippen molar-refractivity contribution in [3.63, 3.8) is 0 Å². The lowest BCUT2D eigenvalue weighted by molar-refractivity contribution is -0.129. The molecule has 0 N–H and O–H groups in total. The Bertz CT molecular complexity index is 925. The SMILES string of the molecule is CCOc1ccc(/C=C/C(=O)Oc2ccc(/C=C\C#N)cc2OC)cc1OC. The molecule has 0 amide bonds. The average Bonchev–Trinajstić information content (AvgIpc) is 2.72. The summed E-state index contributed by atoms with van der Waals surface area (Å²) in [6.07, 6.45) is 5.93. The van der Waals surface area contributed by atoms with Crippen molar-refractivity contribution in [2.75, 3.05) is 20.8 Å². The van der Waals surface area contributed by atoms with E-state index in [2.05, 4.69) is 0 Å². The van der Waals surface area contributed by atoms with Gasteiger partial charge in [-0.05, 0) is 54.5 Å². The Balaban J connectivity index is 2.11. The van der Waals surface area contributed by atoms with Crippen molar-refractivity contribution >= 4 is 18.1 Å². The summed E-state index contributed by atoms with van der Waals surface area (Å²) in [4.78, 5) is 12.2. The summed E-state index contributed by atoms with van der Waals surface area (Å²) in [5.74, 6) is 1.35. The number of benzene rings is 2. The molecule has 0 saturated heterocycles. The van der Waals surface area contributed by atoms with E-state index in [0.717, 1.165) is 11.1 Å². The smallest absolute Gasteiger partial charge is 0.336 e. The summed E-state index contributed by atoms with van der Waals surface area (Å²) in [7, 11) is 3.04. The largest absolute Gasteiger partial charge is 0.493 e. The second-order valence-electron chi connectivity index (χ2n) is 5.47. The Kier molecular flexibility index (Phi) is 7.67. The van der Waals surface area contributed by atoms with E-state index < -0.39 is 5.97 Å². The lowest BCUT2D eigenvalue weighted by Gasteiger charge is -2.10. The fraction of sp³-hybridized carbons (Fsp3) is 0.182. The van der Waals surface area contributed by atoms with Gasteiger partial charge in [-0.15, -0.1) is 0 Å². The normalized spacial score (nSPS) is 10.6. The molecule has 0 aliphatic rings. The minimum Gasteiger partial charge on any atom is -0.493 e. The number of nitriles is 1. The van der Waals surface area contributed by atoms with Gasteiger partial charge < -0.3 is 18.9 Å². The molecule has 0 heterocycles. The van der Waals surface area contributed by atoms with Crippen molar-refractivity contribution in [1.29, 1.82) is 5.26 Å². The number of esters is 1. The number of carbonyl (C=O) groups is 1. The van der Waals surface area contributed by atoms with E-state index in [4.69, 9.17) is 24.2 Å². The third-order valence-corrected chi connectivity index (χ3v) is 3.65. The fourth-order valence-electron chi connectivity index (χ4n) is 2.37. The molecular weight excluding hydrogens is 358 g/mol. The van der Waals surface area contributed by atoms with E-state index in [1.54, 1.807) is 49.6 Å². The highest BCUT2D eigenvalue weighted by Crippen LogP contribution is 2.30. The van der Waals surface area contributed by atoms with Crippen LogP contribution in [0.1, 0.15) is 18.1 Å². The average molecular weight is 379 g/mol. The molecule has 6 nitrogen and oxygen atoms in total. The van der Waals surface area contributed by atoms with Crippen molar-refractivity contribution in [2.45, 2.75) is 6.92 Å². The van der Waals surface area contributed by atoms with Gasteiger partial charge in [-0.25, -0.2) is 4.79 Å². The van der Waals surface area contributed by atoms with Crippen molar-refractivity contribution in [2.24, 2.45) is 0 Å². The molecule has 6 heteroatoms. The van der Waals surface area contributed by atoms with Gasteiger partial charge in [0.15, 0.2) is 23.0 Å². The first kappa shape index (κ1) is 20.6. The minimum absolute atomic E-state index is 0.288. The van der Waals surface area contributed by atoms with E-state index >= 15 is 0 Å². The lowest BCUT2D eigenvalue weighted by Crippen LogP contribution is -2.05.